The second-order valence-corrected chi connectivity index (χ2v) is 28.0. The second kappa shape index (κ2) is 14.4. The third kappa shape index (κ3) is 5.56. The van der Waals surface area contributed by atoms with Gasteiger partial charge in [0.1, 0.15) is 0 Å². The predicted octanol–water partition coefficient (Wildman–Crippen LogP) is 12.7. The average molecular weight is 961 g/mol. The van der Waals surface area contributed by atoms with Crippen molar-refractivity contribution in [1.82, 2.24) is 0 Å². The molecule has 9 heteroatoms. The molecule has 0 radical (unpaired) electrons. The Hall–Kier alpha value is -3.43. The largest absolute Gasteiger partial charge is 0.471 e. The van der Waals surface area contributed by atoms with Crippen molar-refractivity contribution in [2.45, 2.75) is 202 Å². The number of fused-ring (bicyclic) bond motifs is 17. The highest BCUT2D eigenvalue weighted by molar-refractivity contribution is 6.02. The molecule has 382 valence electrons. The number of rotatable bonds is 3. The van der Waals surface area contributed by atoms with Crippen LogP contribution in [-0.4, -0.2) is 55.5 Å². The Morgan fingerprint density at radius 3 is 1.79 bits per heavy atom. The van der Waals surface area contributed by atoms with Crippen molar-refractivity contribution in [3.63, 3.8) is 0 Å². The highest BCUT2D eigenvalue weighted by Crippen LogP contribution is 2.78. The van der Waals surface area contributed by atoms with Crippen LogP contribution in [0.3, 0.4) is 0 Å². The molecule has 0 saturated heterocycles. The van der Waals surface area contributed by atoms with E-state index in [1.807, 2.05) is 14.0 Å². The molecule has 16 atom stereocenters. The van der Waals surface area contributed by atoms with Gasteiger partial charge in [0.2, 0.25) is 11.4 Å². The summed E-state index contributed by atoms with van der Waals surface area (Å²) in [4.78, 5) is 41.8. The van der Waals surface area contributed by atoms with Crippen LogP contribution in [-0.2, 0) is 34.0 Å². The number of hydrogen-bond donors (Lipinski definition) is 1. The Kier molecular flexibility index (Phi) is 10.1. The first kappa shape index (κ1) is 48.8. The minimum absolute atomic E-state index is 0.0134. The van der Waals surface area contributed by atoms with Crippen LogP contribution >= 0.6 is 0 Å². The van der Waals surface area contributed by atoms with E-state index in [2.05, 4.69) is 94.4 Å². The first-order valence-corrected chi connectivity index (χ1v) is 27.2. The highest BCUT2D eigenvalue weighted by atomic mass is 16.7. The Bertz CT molecular complexity index is 2630. The fourth-order valence-corrected chi connectivity index (χ4v) is 19.9. The molecule has 9 nitrogen and oxygen atoms in total. The lowest BCUT2D eigenvalue weighted by molar-refractivity contribution is -0.232. The molecule has 3 unspecified atom stereocenters. The minimum atomic E-state index is -2.30. The molecule has 10 aliphatic rings. The van der Waals surface area contributed by atoms with Gasteiger partial charge in [-0.3, -0.25) is 14.4 Å². The highest BCUT2D eigenvalue weighted by Gasteiger charge is 2.73. The van der Waals surface area contributed by atoms with Gasteiger partial charge in [-0.25, -0.2) is 0 Å². The third-order valence-corrected chi connectivity index (χ3v) is 25.2. The number of aliphatic hydroxyl groups is 1. The van der Waals surface area contributed by atoms with Crippen molar-refractivity contribution >= 4 is 17.7 Å². The fraction of sp³-hybridized carbons (Fsp3) is 0.754. The maximum Gasteiger partial charge on any atom is 0.317 e. The molecule has 9 aliphatic carbocycles. The van der Waals surface area contributed by atoms with Crippen LogP contribution < -0.4 is 9.47 Å². The third-order valence-electron chi connectivity index (χ3n) is 25.2. The van der Waals surface area contributed by atoms with Gasteiger partial charge in [-0.2, -0.15) is 0 Å². The van der Waals surface area contributed by atoms with E-state index in [-0.39, 0.29) is 61.9 Å². The summed E-state index contributed by atoms with van der Waals surface area (Å²) in [5.41, 5.74) is 2.97. The number of ketones is 1. The zero-order chi connectivity index (χ0) is 50.6. The van der Waals surface area contributed by atoms with Crippen LogP contribution in [0.5, 0.6) is 11.5 Å². The topological polar surface area (TPSA) is 118 Å². The van der Waals surface area contributed by atoms with Gasteiger partial charge in [0.05, 0.1) is 31.2 Å². The van der Waals surface area contributed by atoms with Gasteiger partial charge >= 0.3 is 17.7 Å². The summed E-state index contributed by atoms with van der Waals surface area (Å²) in [7, 11) is 4.89. The van der Waals surface area contributed by atoms with Gasteiger partial charge in [0.15, 0.2) is 11.5 Å². The number of hydrogen-bond acceptors (Lipinski definition) is 9. The zero-order valence-corrected chi connectivity index (χ0v) is 45.4. The van der Waals surface area contributed by atoms with E-state index in [1.54, 1.807) is 6.08 Å². The van der Waals surface area contributed by atoms with E-state index in [0.717, 1.165) is 119 Å². The van der Waals surface area contributed by atoms with Crippen LogP contribution in [0, 0.1) is 73.4 Å². The summed E-state index contributed by atoms with van der Waals surface area (Å²) in [5, 5.41) is 13.0. The molecule has 11 rings (SSSR count). The number of methoxy groups -OCH3 is 3. The average Bonchev–Trinajstić information content (AvgIpc) is 3.32. The standard InChI is InChI=1S/C61H84O9/c1-35-46-38(55(7)25-29-59(11)44-34-53(5,49(64)68-15)21-19-51(44,3)23-27-57(59,9)42(55)32-39(46)66-13)30-40-47(35)70-60(12)36-16-17-41-54(6,37(36)31-45(62)61(60,65)69-40)24-28-58(10)43-33-52(4,48(63)67-14)20-18-50(43,2)22-26-56(41,58)8/h16-17,30-31,39,42-44,65H,18-29,32-34H2,1-15H3/t39-,42?,43?,44?,50+,51+,52+,53+,54-,55-,56+,57+,58-,59-,60-,61+/m0/s1. The molecule has 0 bridgehead atoms. The van der Waals surface area contributed by atoms with Crippen molar-refractivity contribution < 1.29 is 43.2 Å². The molecule has 1 heterocycles. The number of allylic oxidation sites excluding steroid dienone is 3. The first-order valence-electron chi connectivity index (χ1n) is 27.2. The van der Waals surface area contributed by atoms with Crippen molar-refractivity contribution in [3.05, 3.63) is 57.7 Å². The van der Waals surface area contributed by atoms with E-state index in [1.165, 1.54) is 25.4 Å². The van der Waals surface area contributed by atoms with Gasteiger partial charge < -0.3 is 28.8 Å². The Morgan fingerprint density at radius 1 is 0.643 bits per heavy atom. The van der Waals surface area contributed by atoms with Crippen molar-refractivity contribution in [2.24, 2.45) is 66.5 Å². The molecule has 1 aromatic rings. The van der Waals surface area contributed by atoms with Crippen LogP contribution in [0.2, 0.25) is 0 Å². The van der Waals surface area contributed by atoms with Gasteiger partial charge in [0.25, 0.3) is 0 Å². The quantitative estimate of drug-likeness (QED) is 0.296. The van der Waals surface area contributed by atoms with Gasteiger partial charge in [0, 0.05) is 23.7 Å². The van der Waals surface area contributed by atoms with Gasteiger partial charge in [-0.1, -0.05) is 73.1 Å². The molecule has 70 heavy (non-hydrogen) atoms. The van der Waals surface area contributed by atoms with Crippen LogP contribution in [0.4, 0.5) is 0 Å². The summed E-state index contributed by atoms with van der Waals surface area (Å²) < 4.78 is 31.7. The lowest BCUT2D eigenvalue weighted by atomic mass is 9.32. The molecule has 1 aliphatic heterocycles. The number of ether oxygens (including phenoxy) is 5. The minimum Gasteiger partial charge on any atom is -0.471 e. The number of carbonyl (C=O) groups excluding carboxylic acids is 3. The summed E-state index contributed by atoms with van der Waals surface area (Å²) in [6.45, 7) is 28.0. The second-order valence-electron chi connectivity index (χ2n) is 28.0. The van der Waals surface area contributed by atoms with Gasteiger partial charge in [-0.05, 0) is 209 Å². The Morgan fingerprint density at radius 2 is 1.19 bits per heavy atom. The van der Waals surface area contributed by atoms with Gasteiger partial charge in [-0.15, -0.1) is 0 Å². The summed E-state index contributed by atoms with van der Waals surface area (Å²) >= 11 is 0. The maximum atomic E-state index is 15.0. The van der Waals surface area contributed by atoms with E-state index in [4.69, 9.17) is 23.7 Å². The van der Waals surface area contributed by atoms with Crippen LogP contribution in [0.15, 0.2) is 41.0 Å². The fourth-order valence-electron chi connectivity index (χ4n) is 19.9. The summed E-state index contributed by atoms with van der Waals surface area (Å²) in [6, 6.07) is 2.11. The van der Waals surface area contributed by atoms with Crippen molar-refractivity contribution in [3.8, 4) is 11.5 Å². The van der Waals surface area contributed by atoms with Crippen molar-refractivity contribution in [1.29, 1.82) is 0 Å². The maximum absolute atomic E-state index is 15.0. The monoisotopic (exact) mass is 961 g/mol. The number of esters is 2. The molecule has 0 aromatic heterocycles. The predicted molar refractivity (Wildman–Crippen MR) is 269 cm³/mol. The first-order chi connectivity index (χ1) is 32.5. The summed E-state index contributed by atoms with van der Waals surface area (Å²) in [5.74, 6) is -1.03. The normalized spacial score (nSPS) is 50.5. The van der Waals surface area contributed by atoms with Crippen LogP contribution in [0.25, 0.3) is 0 Å². The molecule has 1 aromatic carbocycles. The molecule has 1 N–H and O–H groups in total. The molecular weight excluding hydrogens is 877 g/mol. The Balaban J connectivity index is 0.971. The van der Waals surface area contributed by atoms with Crippen LogP contribution in [0.1, 0.15) is 195 Å². The molecule has 6 fully saturated rings. The summed E-state index contributed by atoms with van der Waals surface area (Å²) in [6.07, 6.45) is 20.3. The smallest absolute Gasteiger partial charge is 0.317 e. The Labute approximate surface area is 418 Å². The molecule has 6 saturated carbocycles. The lowest BCUT2D eigenvalue weighted by Gasteiger charge is -2.72. The number of benzene rings is 1. The zero-order valence-electron chi connectivity index (χ0n) is 45.4. The van der Waals surface area contributed by atoms with E-state index in [9.17, 15) is 14.7 Å². The van der Waals surface area contributed by atoms with E-state index < -0.39 is 33.4 Å². The van der Waals surface area contributed by atoms with E-state index >= 15 is 4.79 Å². The van der Waals surface area contributed by atoms with Crippen molar-refractivity contribution in [2.75, 3.05) is 21.3 Å². The molecular formula is C61H84O9. The lowest BCUT2D eigenvalue weighted by Crippen LogP contribution is -2.70. The van der Waals surface area contributed by atoms with E-state index in [0.29, 0.717) is 23.3 Å². The SMILES string of the molecule is COC(=O)[C@]1(C)CC[C@]2(C)CC[C@]3(C)C4=CC=C5C(=CC(=O)[C@@]6(O)Oc7cc8c(c(C)c7O[C@@]56C)[C@@H](OC)CC5[C@@]8(C)CC[C@@]6(C)C7C[C@](C)(C(=O)OC)CC[C@]7(C)CC[C@]56C)[C@]4(C)CC[C@@]3(C)C2C1. The molecule has 0 amide bonds. The number of carbonyl (C=O) groups is 3. The molecule has 0 spiro atoms.